The van der Waals surface area contributed by atoms with Crippen LogP contribution in [-0.2, 0) is 4.79 Å². The maximum absolute atomic E-state index is 13.0. The Morgan fingerprint density at radius 3 is 2.58 bits per heavy atom. The third-order valence-electron chi connectivity index (χ3n) is 8.63. The highest BCUT2D eigenvalue weighted by molar-refractivity contribution is 6.03. The van der Waals surface area contributed by atoms with E-state index in [9.17, 15) is 23.1 Å². The number of aromatic amines is 1. The van der Waals surface area contributed by atoms with Gasteiger partial charge in [-0.05, 0) is 80.9 Å². The average Bonchev–Trinajstić information content (AvgIpc) is 3.48. The van der Waals surface area contributed by atoms with E-state index in [-0.39, 0.29) is 12.0 Å². The van der Waals surface area contributed by atoms with Crippen molar-refractivity contribution in [2.75, 3.05) is 31.6 Å². The summed E-state index contributed by atoms with van der Waals surface area (Å²) in [4.78, 5) is 17.8. The number of benzene rings is 1. The molecule has 3 aliphatic rings. The lowest BCUT2D eigenvalue weighted by atomic mass is 9.74. The van der Waals surface area contributed by atoms with E-state index in [1.165, 1.54) is 0 Å². The van der Waals surface area contributed by atoms with Gasteiger partial charge in [-0.1, -0.05) is 6.92 Å². The van der Waals surface area contributed by atoms with E-state index in [2.05, 4.69) is 10.3 Å². The fourth-order valence-corrected chi connectivity index (χ4v) is 6.52. The molecule has 2 saturated carbocycles. The Labute approximate surface area is 209 Å². The number of carbonyl (C=O) groups excluding carboxylic acids is 1. The zero-order valence-electron chi connectivity index (χ0n) is 20.7. The predicted octanol–water partition coefficient (Wildman–Crippen LogP) is 5.34. The molecule has 1 aromatic heterocycles. The molecule has 198 valence electrons. The van der Waals surface area contributed by atoms with E-state index in [1.54, 1.807) is 11.1 Å². The molecule has 1 aromatic carbocycles. The molecule has 3 N–H and O–H groups in total. The summed E-state index contributed by atoms with van der Waals surface area (Å²) >= 11 is 0. The van der Waals surface area contributed by atoms with E-state index < -0.39 is 18.1 Å². The summed E-state index contributed by atoms with van der Waals surface area (Å²) in [5, 5.41) is 13.8. The molecule has 0 bridgehead atoms. The van der Waals surface area contributed by atoms with Crippen molar-refractivity contribution in [3.05, 3.63) is 24.4 Å². The minimum Gasteiger partial charge on any atom is -0.494 e. The van der Waals surface area contributed by atoms with Crippen molar-refractivity contribution in [3.8, 4) is 5.75 Å². The number of likely N-dealkylation sites (tertiary alicyclic amines) is 1. The number of hydrogen-bond acceptors (Lipinski definition) is 4. The van der Waals surface area contributed by atoms with Crippen LogP contribution in [0.4, 0.5) is 18.9 Å². The molecule has 1 amide bonds. The molecule has 6 nitrogen and oxygen atoms in total. The number of nitrogens with zero attached hydrogens (tertiary/aromatic N) is 1. The monoisotopic (exact) mass is 507 g/mol. The van der Waals surface area contributed by atoms with Gasteiger partial charge in [0.15, 0.2) is 0 Å². The number of amides is 1. The molecule has 3 atom stereocenters. The van der Waals surface area contributed by atoms with Crippen LogP contribution in [0, 0.1) is 23.2 Å². The molecule has 0 spiro atoms. The molecule has 1 saturated heterocycles. The van der Waals surface area contributed by atoms with Gasteiger partial charge in [-0.3, -0.25) is 9.69 Å². The first-order chi connectivity index (χ1) is 17.1. The first-order valence-corrected chi connectivity index (χ1v) is 13.1. The number of aliphatic hydroxyl groups is 1. The molecule has 1 aliphatic heterocycles. The third-order valence-corrected chi connectivity index (χ3v) is 8.63. The smallest absolute Gasteiger partial charge is 0.401 e. The summed E-state index contributed by atoms with van der Waals surface area (Å²) in [5.74, 6) is 1.94. The van der Waals surface area contributed by atoms with Gasteiger partial charge in [-0.15, -0.1) is 0 Å². The Morgan fingerprint density at radius 1 is 1.22 bits per heavy atom. The highest BCUT2D eigenvalue weighted by atomic mass is 19.4. The van der Waals surface area contributed by atoms with Crippen LogP contribution in [0.5, 0.6) is 5.75 Å². The number of ether oxygens (including phenoxy) is 1. The maximum atomic E-state index is 13.0. The second kappa shape index (κ2) is 9.89. The van der Waals surface area contributed by atoms with Gasteiger partial charge in [0.1, 0.15) is 5.75 Å². The van der Waals surface area contributed by atoms with Gasteiger partial charge in [-0.2, -0.15) is 13.2 Å². The van der Waals surface area contributed by atoms with Crippen LogP contribution in [0.25, 0.3) is 10.9 Å². The summed E-state index contributed by atoms with van der Waals surface area (Å²) in [6, 6.07) is 5.79. The van der Waals surface area contributed by atoms with Crippen molar-refractivity contribution >= 4 is 22.5 Å². The zero-order valence-corrected chi connectivity index (χ0v) is 20.7. The number of fused-ring (bicyclic) bond motifs is 2. The van der Waals surface area contributed by atoms with Crippen LogP contribution < -0.4 is 10.1 Å². The second-order valence-corrected chi connectivity index (χ2v) is 11.5. The van der Waals surface area contributed by atoms with Gasteiger partial charge in [0.05, 0.1) is 24.9 Å². The van der Waals surface area contributed by atoms with E-state index in [1.807, 2.05) is 25.1 Å². The van der Waals surface area contributed by atoms with Gasteiger partial charge in [-0.25, -0.2) is 0 Å². The second-order valence-electron chi connectivity index (χ2n) is 11.5. The number of aliphatic hydroxyl groups excluding tert-OH is 1. The predicted molar refractivity (Wildman–Crippen MR) is 132 cm³/mol. The SMILES string of the molecule is CC1(C(=O)Nc2c[nH]c3ccc(OCCC4C[C@@H]5CN(CC(F)(F)F)C[C@@H]5C4)cc23)CCC(O)CC1. The molecule has 2 aliphatic carbocycles. The third kappa shape index (κ3) is 5.67. The first-order valence-electron chi connectivity index (χ1n) is 13.1. The molecule has 36 heavy (non-hydrogen) atoms. The number of alkyl halides is 3. The Bertz CT molecular complexity index is 1060. The highest BCUT2D eigenvalue weighted by Gasteiger charge is 2.43. The van der Waals surface area contributed by atoms with Crippen LogP contribution in [0.3, 0.4) is 0 Å². The molecule has 2 aromatic rings. The van der Waals surface area contributed by atoms with Crippen molar-refractivity contribution in [2.24, 2.45) is 23.2 Å². The fourth-order valence-electron chi connectivity index (χ4n) is 6.52. The fraction of sp³-hybridized carbons (Fsp3) is 0.667. The normalized spacial score (nSPS) is 31.0. The number of nitrogens with one attached hydrogen (secondary N) is 2. The first kappa shape index (κ1) is 25.4. The zero-order chi connectivity index (χ0) is 25.5. The number of carbonyl (C=O) groups is 1. The molecular weight excluding hydrogens is 471 g/mol. The average molecular weight is 508 g/mol. The van der Waals surface area contributed by atoms with Crippen molar-refractivity contribution < 1.29 is 27.8 Å². The van der Waals surface area contributed by atoms with Crippen molar-refractivity contribution in [1.82, 2.24) is 9.88 Å². The Kier molecular flexibility index (Phi) is 6.98. The van der Waals surface area contributed by atoms with E-state index in [4.69, 9.17) is 4.74 Å². The van der Waals surface area contributed by atoms with Crippen LogP contribution in [0.15, 0.2) is 24.4 Å². The number of hydrogen-bond donors (Lipinski definition) is 3. The number of halogens is 3. The van der Waals surface area contributed by atoms with Crippen molar-refractivity contribution in [3.63, 3.8) is 0 Å². The number of rotatable bonds is 7. The Morgan fingerprint density at radius 2 is 1.92 bits per heavy atom. The number of aromatic nitrogens is 1. The Hall–Kier alpha value is -2.26. The summed E-state index contributed by atoms with van der Waals surface area (Å²) in [6.07, 6.45) is 2.83. The van der Waals surface area contributed by atoms with Gasteiger partial charge >= 0.3 is 6.18 Å². The molecular formula is C27H36F3N3O3. The standard InChI is InChI=1S/C27H36F3N3O3/c1-26(7-4-20(34)5-8-26)25(35)32-24-13-31-23-3-2-21(12-22(23)24)36-9-6-17-10-18-14-33(15-19(18)11-17)16-27(28,29)30/h2-3,12-13,17-20,31,34H,4-11,14-16H2,1H3,(H,32,35)/t17?,18-,19+,20?,26?. The van der Waals surface area contributed by atoms with Crippen molar-refractivity contribution in [1.29, 1.82) is 0 Å². The quantitative estimate of drug-likeness (QED) is 0.473. The Balaban J connectivity index is 1.12. The van der Waals surface area contributed by atoms with Crippen LogP contribution >= 0.6 is 0 Å². The molecule has 3 fully saturated rings. The summed E-state index contributed by atoms with van der Waals surface area (Å²) in [7, 11) is 0. The lowest BCUT2D eigenvalue weighted by Gasteiger charge is -2.34. The number of H-pyrrole nitrogens is 1. The lowest BCUT2D eigenvalue weighted by Crippen LogP contribution is -2.38. The van der Waals surface area contributed by atoms with E-state index in [0.29, 0.717) is 63.1 Å². The highest BCUT2D eigenvalue weighted by Crippen LogP contribution is 2.43. The van der Waals surface area contributed by atoms with Gasteiger partial charge in [0.25, 0.3) is 0 Å². The lowest BCUT2D eigenvalue weighted by molar-refractivity contribution is -0.144. The molecule has 1 unspecified atom stereocenters. The molecule has 2 heterocycles. The van der Waals surface area contributed by atoms with E-state index >= 15 is 0 Å². The number of anilines is 1. The summed E-state index contributed by atoms with van der Waals surface area (Å²) < 4.78 is 44.1. The van der Waals surface area contributed by atoms with Crippen LogP contribution in [0.1, 0.15) is 51.9 Å². The summed E-state index contributed by atoms with van der Waals surface area (Å²) in [5.41, 5.74) is 1.15. The van der Waals surface area contributed by atoms with Crippen LogP contribution in [0.2, 0.25) is 0 Å². The van der Waals surface area contributed by atoms with Crippen molar-refractivity contribution in [2.45, 2.75) is 64.1 Å². The molecule has 5 rings (SSSR count). The molecule has 0 radical (unpaired) electrons. The largest absolute Gasteiger partial charge is 0.494 e. The topological polar surface area (TPSA) is 77.6 Å². The summed E-state index contributed by atoms with van der Waals surface area (Å²) in [6.45, 7) is 2.84. The minimum absolute atomic E-state index is 0.0257. The van der Waals surface area contributed by atoms with Gasteiger partial charge in [0.2, 0.25) is 5.91 Å². The van der Waals surface area contributed by atoms with Crippen LogP contribution in [-0.4, -0.2) is 59.4 Å². The molecule has 9 heteroatoms. The van der Waals surface area contributed by atoms with E-state index in [0.717, 1.165) is 41.6 Å². The van der Waals surface area contributed by atoms with Gasteiger partial charge in [0, 0.05) is 35.6 Å². The maximum Gasteiger partial charge on any atom is 0.401 e. The minimum atomic E-state index is -4.12. The van der Waals surface area contributed by atoms with Gasteiger partial charge < -0.3 is 20.1 Å².